The van der Waals surface area contributed by atoms with E-state index in [1.54, 1.807) is 35.5 Å². The molecule has 92 valence electrons. The van der Waals surface area contributed by atoms with Gasteiger partial charge in [0, 0.05) is 30.4 Å². The summed E-state index contributed by atoms with van der Waals surface area (Å²) in [6.45, 7) is 6.28. The van der Waals surface area contributed by atoms with Gasteiger partial charge in [-0.15, -0.1) is 0 Å². The van der Waals surface area contributed by atoms with Crippen molar-refractivity contribution in [2.75, 3.05) is 6.61 Å². The van der Waals surface area contributed by atoms with Gasteiger partial charge in [0.1, 0.15) is 5.76 Å². The van der Waals surface area contributed by atoms with Gasteiger partial charge in [0.05, 0.1) is 6.61 Å². The standard InChI is InChI=1S/C13H14N4O/c1-3-18-11(2)5-6-12-9-14-13(15-10-12)17-8-4-7-16-17/h4-10H,2-3H2,1H3/b6-5+. The van der Waals surface area contributed by atoms with Gasteiger partial charge in [0.2, 0.25) is 5.95 Å². The van der Waals surface area contributed by atoms with Crippen molar-refractivity contribution in [3.05, 3.63) is 54.8 Å². The van der Waals surface area contributed by atoms with Crippen molar-refractivity contribution in [3.8, 4) is 5.95 Å². The Morgan fingerprint density at radius 1 is 1.44 bits per heavy atom. The molecule has 0 aliphatic rings. The highest BCUT2D eigenvalue weighted by Gasteiger charge is 1.98. The van der Waals surface area contributed by atoms with Gasteiger partial charge < -0.3 is 4.74 Å². The second-order valence-electron chi connectivity index (χ2n) is 3.50. The monoisotopic (exact) mass is 242 g/mol. The average molecular weight is 242 g/mol. The molecule has 2 rings (SSSR count). The van der Waals surface area contributed by atoms with E-state index in [1.807, 2.05) is 19.1 Å². The van der Waals surface area contributed by atoms with Gasteiger partial charge in [-0.2, -0.15) is 5.10 Å². The molecule has 18 heavy (non-hydrogen) atoms. The Morgan fingerprint density at radius 2 is 2.22 bits per heavy atom. The van der Waals surface area contributed by atoms with Gasteiger partial charge in [-0.05, 0) is 25.1 Å². The SMILES string of the molecule is C=C(/C=C/c1cnc(-n2cccn2)nc1)OCC. The lowest BCUT2D eigenvalue weighted by atomic mass is 10.3. The predicted molar refractivity (Wildman–Crippen MR) is 69.0 cm³/mol. The molecule has 0 amide bonds. The normalized spacial score (nSPS) is 10.7. The van der Waals surface area contributed by atoms with E-state index in [9.17, 15) is 0 Å². The minimum Gasteiger partial charge on any atom is -0.495 e. The molecule has 0 unspecified atom stereocenters. The van der Waals surface area contributed by atoms with Crippen LogP contribution in [0, 0.1) is 0 Å². The predicted octanol–water partition coefficient (Wildman–Crippen LogP) is 2.23. The van der Waals surface area contributed by atoms with Crippen molar-refractivity contribution in [1.29, 1.82) is 0 Å². The Kier molecular flexibility index (Phi) is 3.86. The van der Waals surface area contributed by atoms with Crippen molar-refractivity contribution in [2.24, 2.45) is 0 Å². The molecule has 5 heteroatoms. The zero-order valence-corrected chi connectivity index (χ0v) is 10.2. The first-order chi connectivity index (χ1) is 8.79. The van der Waals surface area contributed by atoms with Gasteiger partial charge in [-0.1, -0.05) is 6.58 Å². The van der Waals surface area contributed by atoms with Crippen LogP contribution in [0.2, 0.25) is 0 Å². The lowest BCUT2D eigenvalue weighted by molar-refractivity contribution is 0.244. The fraction of sp³-hybridized carbons (Fsp3) is 0.154. The first-order valence-corrected chi connectivity index (χ1v) is 5.61. The van der Waals surface area contributed by atoms with E-state index in [0.717, 1.165) is 5.56 Å². The van der Waals surface area contributed by atoms with E-state index in [-0.39, 0.29) is 0 Å². The zero-order valence-electron chi connectivity index (χ0n) is 10.2. The topological polar surface area (TPSA) is 52.8 Å². The summed E-state index contributed by atoms with van der Waals surface area (Å²) in [5, 5.41) is 4.05. The molecule has 0 saturated carbocycles. The highest BCUT2D eigenvalue weighted by atomic mass is 16.5. The fourth-order valence-electron chi connectivity index (χ4n) is 1.35. The van der Waals surface area contributed by atoms with Crippen LogP contribution in [0.5, 0.6) is 0 Å². The van der Waals surface area contributed by atoms with Gasteiger partial charge in [0.15, 0.2) is 0 Å². The fourth-order valence-corrected chi connectivity index (χ4v) is 1.35. The smallest absolute Gasteiger partial charge is 0.250 e. The molecule has 0 fully saturated rings. The van der Waals surface area contributed by atoms with Crippen molar-refractivity contribution < 1.29 is 4.74 Å². The molecule has 2 aromatic heterocycles. The summed E-state index contributed by atoms with van der Waals surface area (Å²) in [5.41, 5.74) is 0.881. The second-order valence-corrected chi connectivity index (χ2v) is 3.50. The molecular weight excluding hydrogens is 228 g/mol. The Hall–Kier alpha value is -2.43. The summed E-state index contributed by atoms with van der Waals surface area (Å²) in [4.78, 5) is 8.43. The quantitative estimate of drug-likeness (QED) is 0.596. The molecule has 2 aromatic rings. The summed E-state index contributed by atoms with van der Waals surface area (Å²) in [6, 6.07) is 1.82. The minimum absolute atomic E-state index is 0.542. The minimum atomic E-state index is 0.542. The maximum atomic E-state index is 5.21. The molecule has 2 heterocycles. The third-order valence-corrected chi connectivity index (χ3v) is 2.16. The maximum Gasteiger partial charge on any atom is 0.250 e. The van der Waals surface area contributed by atoms with E-state index in [2.05, 4.69) is 21.6 Å². The van der Waals surface area contributed by atoms with Crippen LogP contribution < -0.4 is 0 Å². The molecule has 5 nitrogen and oxygen atoms in total. The molecule has 0 aliphatic carbocycles. The second kappa shape index (κ2) is 5.77. The number of nitrogens with zero attached hydrogens (tertiary/aromatic N) is 4. The van der Waals surface area contributed by atoms with E-state index in [4.69, 9.17) is 4.74 Å². The number of allylic oxidation sites excluding steroid dienone is 1. The molecule has 0 bridgehead atoms. The van der Waals surface area contributed by atoms with Crippen LogP contribution >= 0.6 is 0 Å². The van der Waals surface area contributed by atoms with Crippen LogP contribution in [0.25, 0.3) is 12.0 Å². The lowest BCUT2D eigenvalue weighted by Crippen LogP contribution is -2.00. The number of ether oxygens (including phenoxy) is 1. The molecule has 0 atom stereocenters. The zero-order chi connectivity index (χ0) is 12.8. The number of hydrogen-bond donors (Lipinski definition) is 0. The number of hydrogen-bond acceptors (Lipinski definition) is 4. The van der Waals surface area contributed by atoms with Crippen LogP contribution in [-0.2, 0) is 4.74 Å². The van der Waals surface area contributed by atoms with E-state index < -0.39 is 0 Å². The van der Waals surface area contributed by atoms with Crippen LogP contribution in [0.1, 0.15) is 12.5 Å². The van der Waals surface area contributed by atoms with Gasteiger partial charge in [-0.3, -0.25) is 0 Å². The van der Waals surface area contributed by atoms with E-state index in [1.165, 1.54) is 0 Å². The molecule has 0 saturated heterocycles. The molecule has 0 N–H and O–H groups in total. The molecule has 0 aliphatic heterocycles. The Bertz CT molecular complexity index is 529. The van der Waals surface area contributed by atoms with Crippen LogP contribution in [0.3, 0.4) is 0 Å². The molecular formula is C13H14N4O. The van der Waals surface area contributed by atoms with E-state index in [0.29, 0.717) is 18.3 Å². The van der Waals surface area contributed by atoms with Crippen molar-refractivity contribution in [3.63, 3.8) is 0 Å². The third-order valence-electron chi connectivity index (χ3n) is 2.16. The maximum absolute atomic E-state index is 5.21. The first kappa shape index (κ1) is 12.0. The van der Waals surface area contributed by atoms with Crippen molar-refractivity contribution >= 4 is 6.08 Å². The van der Waals surface area contributed by atoms with Gasteiger partial charge in [0.25, 0.3) is 0 Å². The largest absolute Gasteiger partial charge is 0.495 e. The summed E-state index contributed by atoms with van der Waals surface area (Å²) in [7, 11) is 0. The third kappa shape index (κ3) is 3.04. The van der Waals surface area contributed by atoms with Crippen LogP contribution in [-0.4, -0.2) is 26.4 Å². The summed E-state index contributed by atoms with van der Waals surface area (Å²) < 4.78 is 6.81. The highest BCUT2D eigenvalue weighted by molar-refractivity contribution is 5.49. The van der Waals surface area contributed by atoms with Gasteiger partial charge in [-0.25, -0.2) is 14.6 Å². The lowest BCUT2D eigenvalue weighted by Gasteiger charge is -2.01. The van der Waals surface area contributed by atoms with E-state index >= 15 is 0 Å². The summed E-state index contributed by atoms with van der Waals surface area (Å²) in [5.74, 6) is 1.16. The highest BCUT2D eigenvalue weighted by Crippen LogP contribution is 2.05. The Morgan fingerprint density at radius 3 is 2.83 bits per heavy atom. The number of rotatable bonds is 5. The molecule has 0 aromatic carbocycles. The number of aromatic nitrogens is 4. The van der Waals surface area contributed by atoms with Gasteiger partial charge >= 0.3 is 0 Å². The van der Waals surface area contributed by atoms with Crippen LogP contribution in [0.15, 0.2) is 49.3 Å². The Balaban J connectivity index is 2.06. The first-order valence-electron chi connectivity index (χ1n) is 5.61. The molecule has 0 spiro atoms. The summed E-state index contributed by atoms with van der Waals surface area (Å²) in [6.07, 6.45) is 10.6. The Labute approximate surface area is 105 Å². The summed E-state index contributed by atoms with van der Waals surface area (Å²) >= 11 is 0. The average Bonchev–Trinajstić information content (AvgIpc) is 2.91. The van der Waals surface area contributed by atoms with Crippen molar-refractivity contribution in [1.82, 2.24) is 19.7 Å². The van der Waals surface area contributed by atoms with Crippen LogP contribution in [0.4, 0.5) is 0 Å². The molecule has 0 radical (unpaired) electrons. The van der Waals surface area contributed by atoms with Crippen molar-refractivity contribution in [2.45, 2.75) is 6.92 Å².